The van der Waals surface area contributed by atoms with E-state index in [1.807, 2.05) is 6.20 Å². The Labute approximate surface area is 89.5 Å². The fraction of sp³-hybridized carbons (Fsp3) is 0.545. The topological polar surface area (TPSA) is 51.5 Å². The summed E-state index contributed by atoms with van der Waals surface area (Å²) in [5.41, 5.74) is 0.539. The SMILES string of the molecule is CCOC(=O)c1cccn1CCC(C)O. The molecule has 1 rings (SSSR count). The zero-order valence-corrected chi connectivity index (χ0v) is 9.14. The highest BCUT2D eigenvalue weighted by atomic mass is 16.5. The average Bonchev–Trinajstić information content (AvgIpc) is 2.62. The van der Waals surface area contributed by atoms with Crippen molar-refractivity contribution >= 4 is 5.97 Å². The summed E-state index contributed by atoms with van der Waals surface area (Å²) in [6, 6.07) is 3.52. The summed E-state index contributed by atoms with van der Waals surface area (Å²) in [6.07, 6.45) is 2.08. The van der Waals surface area contributed by atoms with Crippen LogP contribution in [0.15, 0.2) is 18.3 Å². The van der Waals surface area contributed by atoms with Crippen LogP contribution in [0.2, 0.25) is 0 Å². The second-order valence-electron chi connectivity index (χ2n) is 3.44. The van der Waals surface area contributed by atoms with Crippen molar-refractivity contribution in [1.82, 2.24) is 4.57 Å². The van der Waals surface area contributed by atoms with Gasteiger partial charge in [-0.15, -0.1) is 0 Å². The molecule has 4 nitrogen and oxygen atoms in total. The number of carbonyl (C=O) groups is 1. The molecule has 84 valence electrons. The summed E-state index contributed by atoms with van der Waals surface area (Å²) in [4.78, 5) is 11.5. The third kappa shape index (κ3) is 3.40. The van der Waals surface area contributed by atoms with Crippen molar-refractivity contribution < 1.29 is 14.6 Å². The minimum atomic E-state index is -0.359. The molecule has 15 heavy (non-hydrogen) atoms. The van der Waals surface area contributed by atoms with E-state index < -0.39 is 0 Å². The van der Waals surface area contributed by atoms with Crippen molar-refractivity contribution in [2.24, 2.45) is 0 Å². The second-order valence-corrected chi connectivity index (χ2v) is 3.44. The van der Waals surface area contributed by atoms with Gasteiger partial charge in [-0.2, -0.15) is 0 Å². The highest BCUT2D eigenvalue weighted by Crippen LogP contribution is 2.06. The van der Waals surface area contributed by atoms with Crippen LogP contribution in [0, 0.1) is 0 Å². The van der Waals surface area contributed by atoms with Crippen LogP contribution in [0.1, 0.15) is 30.8 Å². The van der Waals surface area contributed by atoms with Gasteiger partial charge in [0.25, 0.3) is 0 Å². The number of aromatic nitrogens is 1. The zero-order chi connectivity index (χ0) is 11.3. The molecule has 1 N–H and O–H groups in total. The highest BCUT2D eigenvalue weighted by Gasteiger charge is 2.11. The smallest absolute Gasteiger partial charge is 0.354 e. The summed E-state index contributed by atoms with van der Waals surface area (Å²) in [5, 5.41) is 9.15. The number of aliphatic hydroxyl groups excluding tert-OH is 1. The number of rotatable bonds is 5. The highest BCUT2D eigenvalue weighted by molar-refractivity contribution is 5.87. The number of hydrogen-bond acceptors (Lipinski definition) is 3. The molecule has 0 aromatic carbocycles. The van der Waals surface area contributed by atoms with Crippen molar-refractivity contribution in [3.8, 4) is 0 Å². The molecule has 0 radical (unpaired) electrons. The van der Waals surface area contributed by atoms with E-state index >= 15 is 0 Å². The van der Waals surface area contributed by atoms with Crippen LogP contribution in [-0.2, 0) is 11.3 Å². The molecule has 0 amide bonds. The number of aliphatic hydroxyl groups is 1. The van der Waals surface area contributed by atoms with E-state index in [-0.39, 0.29) is 12.1 Å². The van der Waals surface area contributed by atoms with Crippen LogP contribution >= 0.6 is 0 Å². The van der Waals surface area contributed by atoms with Gasteiger partial charge in [-0.3, -0.25) is 0 Å². The maximum atomic E-state index is 11.5. The number of aryl methyl sites for hydroxylation is 1. The Kier molecular flexibility index (Phi) is 4.37. The van der Waals surface area contributed by atoms with E-state index in [1.54, 1.807) is 30.5 Å². The molecule has 1 atom stereocenters. The molecule has 0 bridgehead atoms. The van der Waals surface area contributed by atoms with Crippen LogP contribution in [0.25, 0.3) is 0 Å². The number of hydrogen-bond donors (Lipinski definition) is 1. The minimum absolute atomic E-state index is 0.312. The van der Waals surface area contributed by atoms with E-state index in [9.17, 15) is 4.79 Å². The lowest BCUT2D eigenvalue weighted by Gasteiger charge is -2.09. The van der Waals surface area contributed by atoms with Crippen molar-refractivity contribution in [2.75, 3.05) is 6.61 Å². The van der Waals surface area contributed by atoms with Crippen LogP contribution in [-0.4, -0.2) is 28.4 Å². The molecule has 0 spiro atoms. The van der Waals surface area contributed by atoms with Crippen molar-refractivity contribution in [1.29, 1.82) is 0 Å². The molecule has 1 aromatic rings. The Balaban J connectivity index is 2.64. The first-order valence-electron chi connectivity index (χ1n) is 5.15. The summed E-state index contributed by atoms with van der Waals surface area (Å²) in [5.74, 6) is -0.312. The van der Waals surface area contributed by atoms with E-state index in [1.165, 1.54) is 0 Å². The van der Waals surface area contributed by atoms with Gasteiger partial charge in [-0.1, -0.05) is 0 Å². The summed E-state index contributed by atoms with van der Waals surface area (Å²) in [7, 11) is 0. The normalized spacial score (nSPS) is 12.5. The van der Waals surface area contributed by atoms with E-state index in [2.05, 4.69) is 0 Å². The predicted octanol–water partition coefficient (Wildman–Crippen LogP) is 1.44. The number of nitrogens with zero attached hydrogens (tertiary/aromatic N) is 1. The van der Waals surface area contributed by atoms with Crippen LogP contribution in [0.5, 0.6) is 0 Å². The van der Waals surface area contributed by atoms with Gasteiger partial charge in [0.2, 0.25) is 0 Å². The fourth-order valence-corrected chi connectivity index (χ4v) is 1.33. The molecular weight excluding hydrogens is 194 g/mol. The maximum absolute atomic E-state index is 11.5. The van der Waals surface area contributed by atoms with Gasteiger partial charge in [0.15, 0.2) is 0 Å². The second kappa shape index (κ2) is 5.56. The monoisotopic (exact) mass is 211 g/mol. The van der Waals surface area contributed by atoms with E-state index in [0.717, 1.165) is 0 Å². The van der Waals surface area contributed by atoms with Gasteiger partial charge in [0.05, 0.1) is 12.7 Å². The van der Waals surface area contributed by atoms with Crippen molar-refractivity contribution in [3.63, 3.8) is 0 Å². The van der Waals surface area contributed by atoms with Gasteiger partial charge in [-0.25, -0.2) is 4.79 Å². The lowest BCUT2D eigenvalue weighted by atomic mass is 10.3. The van der Waals surface area contributed by atoms with E-state index in [4.69, 9.17) is 9.84 Å². The lowest BCUT2D eigenvalue weighted by molar-refractivity contribution is 0.0512. The van der Waals surface area contributed by atoms with Crippen molar-refractivity contribution in [3.05, 3.63) is 24.0 Å². The first-order chi connectivity index (χ1) is 7.15. The van der Waals surface area contributed by atoms with Crippen LogP contribution in [0.3, 0.4) is 0 Å². The summed E-state index contributed by atoms with van der Waals surface area (Å²) < 4.78 is 6.71. The Morgan fingerprint density at radius 2 is 2.40 bits per heavy atom. The van der Waals surface area contributed by atoms with Crippen LogP contribution < -0.4 is 0 Å². The van der Waals surface area contributed by atoms with Gasteiger partial charge >= 0.3 is 5.97 Å². The molecule has 0 aliphatic rings. The molecule has 4 heteroatoms. The first kappa shape index (κ1) is 11.8. The van der Waals surface area contributed by atoms with Gasteiger partial charge in [0.1, 0.15) is 5.69 Å². The quantitative estimate of drug-likeness (QED) is 0.750. The molecule has 1 aromatic heterocycles. The molecule has 1 heterocycles. The Morgan fingerprint density at radius 3 is 3.00 bits per heavy atom. The minimum Gasteiger partial charge on any atom is -0.461 e. The average molecular weight is 211 g/mol. The third-order valence-electron chi connectivity index (χ3n) is 2.10. The number of esters is 1. The van der Waals surface area contributed by atoms with Gasteiger partial charge in [0, 0.05) is 12.7 Å². The van der Waals surface area contributed by atoms with Crippen LogP contribution in [0.4, 0.5) is 0 Å². The molecule has 0 saturated heterocycles. The third-order valence-corrected chi connectivity index (χ3v) is 2.10. The molecule has 0 aliphatic heterocycles. The molecular formula is C11H17NO3. The summed E-state index contributed by atoms with van der Waals surface area (Å²) in [6.45, 7) is 4.51. The molecule has 0 fully saturated rings. The maximum Gasteiger partial charge on any atom is 0.354 e. The zero-order valence-electron chi connectivity index (χ0n) is 9.14. The lowest BCUT2D eigenvalue weighted by Crippen LogP contribution is -2.14. The van der Waals surface area contributed by atoms with E-state index in [0.29, 0.717) is 25.3 Å². The number of ether oxygens (including phenoxy) is 1. The summed E-state index contributed by atoms with van der Waals surface area (Å²) >= 11 is 0. The Morgan fingerprint density at radius 1 is 1.67 bits per heavy atom. The molecule has 1 unspecified atom stereocenters. The predicted molar refractivity (Wildman–Crippen MR) is 56.7 cm³/mol. The number of carbonyl (C=O) groups excluding carboxylic acids is 1. The van der Waals surface area contributed by atoms with Gasteiger partial charge in [-0.05, 0) is 32.4 Å². The first-order valence-corrected chi connectivity index (χ1v) is 5.15. The fourth-order valence-electron chi connectivity index (χ4n) is 1.33. The Hall–Kier alpha value is -1.29. The van der Waals surface area contributed by atoms with Gasteiger partial charge < -0.3 is 14.4 Å². The Bertz CT molecular complexity index is 317. The molecule has 0 saturated carbocycles. The standard InChI is InChI=1S/C11H17NO3/c1-3-15-11(14)10-5-4-7-12(10)8-6-9(2)13/h4-5,7,9,13H,3,6,8H2,1-2H3. The largest absolute Gasteiger partial charge is 0.461 e. The molecule has 0 aliphatic carbocycles. The van der Waals surface area contributed by atoms with Crippen molar-refractivity contribution in [2.45, 2.75) is 32.9 Å².